The molecule has 0 saturated heterocycles. The van der Waals surface area contributed by atoms with Crippen LogP contribution in [0.5, 0.6) is 5.75 Å². The van der Waals surface area contributed by atoms with Gasteiger partial charge in [-0.15, -0.1) is 0 Å². The zero-order valence-corrected chi connectivity index (χ0v) is 15.0. The number of esters is 1. The van der Waals surface area contributed by atoms with Crippen LogP contribution in [0.3, 0.4) is 0 Å². The van der Waals surface area contributed by atoms with Crippen molar-refractivity contribution in [3.63, 3.8) is 0 Å². The molecule has 0 saturated carbocycles. The predicted octanol–water partition coefficient (Wildman–Crippen LogP) is 2.88. The molecule has 0 spiro atoms. The summed E-state index contributed by atoms with van der Waals surface area (Å²) in [5, 5.41) is -3.81. The summed E-state index contributed by atoms with van der Waals surface area (Å²) in [5.41, 5.74) is 0.117. The van der Waals surface area contributed by atoms with E-state index >= 15 is 0 Å². The van der Waals surface area contributed by atoms with Gasteiger partial charge in [-0.2, -0.15) is 17.6 Å². The van der Waals surface area contributed by atoms with E-state index in [1.54, 1.807) is 0 Å². The monoisotopic (exact) mass is 428 g/mol. The van der Waals surface area contributed by atoms with E-state index in [1.807, 2.05) is 0 Å². The molecule has 156 valence electrons. The van der Waals surface area contributed by atoms with Gasteiger partial charge in [0, 0.05) is 17.3 Å². The van der Waals surface area contributed by atoms with Crippen molar-refractivity contribution < 1.29 is 49.6 Å². The Kier molecular flexibility index (Phi) is 7.15. The van der Waals surface area contributed by atoms with Gasteiger partial charge in [-0.3, -0.25) is 5.32 Å². The SMILES string of the molecule is C=C(C)C(=O)Oc1cccc(NC(=O)OCCC(F)(F)C(F)(F)S(=O)(=O)[O-])c1. The maximum absolute atomic E-state index is 13.2. The molecule has 1 aromatic carbocycles. The summed E-state index contributed by atoms with van der Waals surface area (Å²) in [6.45, 7) is 3.46. The Morgan fingerprint density at radius 3 is 2.39 bits per heavy atom. The lowest BCUT2D eigenvalue weighted by atomic mass is 10.2. The van der Waals surface area contributed by atoms with Gasteiger partial charge in [-0.1, -0.05) is 12.6 Å². The van der Waals surface area contributed by atoms with Crippen LogP contribution < -0.4 is 10.1 Å². The van der Waals surface area contributed by atoms with E-state index in [4.69, 9.17) is 4.74 Å². The number of anilines is 1. The summed E-state index contributed by atoms with van der Waals surface area (Å²) >= 11 is 0. The summed E-state index contributed by atoms with van der Waals surface area (Å²) in [7, 11) is -6.62. The van der Waals surface area contributed by atoms with Crippen LogP contribution >= 0.6 is 0 Å². The van der Waals surface area contributed by atoms with Crippen molar-refractivity contribution in [3.8, 4) is 5.75 Å². The van der Waals surface area contributed by atoms with Crippen LogP contribution in [0.25, 0.3) is 0 Å². The van der Waals surface area contributed by atoms with E-state index in [0.29, 0.717) is 0 Å². The van der Waals surface area contributed by atoms with Crippen LogP contribution in [0, 0.1) is 0 Å². The Hall–Kier alpha value is -2.67. The van der Waals surface area contributed by atoms with Gasteiger partial charge in [0.2, 0.25) is 0 Å². The molecule has 0 radical (unpaired) electrons. The third-order valence-corrected chi connectivity index (χ3v) is 3.96. The average molecular weight is 428 g/mol. The number of carbonyl (C=O) groups excluding carboxylic acids is 2. The van der Waals surface area contributed by atoms with Gasteiger partial charge < -0.3 is 14.0 Å². The summed E-state index contributed by atoms with van der Waals surface area (Å²) in [5.74, 6) is -5.97. The van der Waals surface area contributed by atoms with E-state index in [9.17, 15) is 40.1 Å². The lowest BCUT2D eigenvalue weighted by Gasteiger charge is -2.28. The van der Waals surface area contributed by atoms with Crippen molar-refractivity contribution >= 4 is 27.9 Å². The largest absolute Gasteiger partial charge is 0.743 e. The molecule has 28 heavy (non-hydrogen) atoms. The van der Waals surface area contributed by atoms with Crippen LogP contribution in [0.1, 0.15) is 13.3 Å². The second kappa shape index (κ2) is 8.56. The molecule has 1 aromatic rings. The second-order valence-corrected chi connectivity index (χ2v) is 6.80. The third-order valence-electron chi connectivity index (χ3n) is 3.03. The highest BCUT2D eigenvalue weighted by Gasteiger charge is 2.61. The van der Waals surface area contributed by atoms with Gasteiger partial charge in [0.15, 0.2) is 10.1 Å². The summed E-state index contributed by atoms with van der Waals surface area (Å²) in [4.78, 5) is 22.9. The zero-order chi connectivity index (χ0) is 21.8. The van der Waals surface area contributed by atoms with Crippen molar-refractivity contribution in [1.82, 2.24) is 0 Å². The maximum Gasteiger partial charge on any atom is 0.411 e. The van der Waals surface area contributed by atoms with Gasteiger partial charge in [0.25, 0.3) is 0 Å². The fourth-order valence-electron chi connectivity index (χ4n) is 1.59. The number of nitrogens with one attached hydrogen (secondary N) is 1. The van der Waals surface area contributed by atoms with Crippen LogP contribution in [-0.4, -0.2) is 42.8 Å². The molecule has 8 nitrogen and oxygen atoms in total. The molecule has 0 unspecified atom stereocenters. The smallest absolute Gasteiger partial charge is 0.411 e. The van der Waals surface area contributed by atoms with Crippen molar-refractivity contribution in [2.45, 2.75) is 24.5 Å². The highest BCUT2D eigenvalue weighted by molar-refractivity contribution is 7.86. The Balaban J connectivity index is 2.64. The molecule has 0 atom stereocenters. The fourth-order valence-corrected chi connectivity index (χ4v) is 2.05. The Bertz CT molecular complexity index is 871. The number of hydrogen-bond acceptors (Lipinski definition) is 7. The lowest BCUT2D eigenvalue weighted by Crippen LogP contribution is -2.47. The molecule has 0 bridgehead atoms. The first-order chi connectivity index (χ1) is 12.7. The summed E-state index contributed by atoms with van der Waals surface area (Å²) in [6, 6.07) is 5.22. The Labute approximate surface area is 156 Å². The van der Waals surface area contributed by atoms with Crippen molar-refractivity contribution in [1.29, 1.82) is 0 Å². The Morgan fingerprint density at radius 1 is 1.25 bits per heavy atom. The molecule has 1 rings (SSSR count). The molecular formula is C15H14F4NO7S-. The summed E-state index contributed by atoms with van der Waals surface area (Å²) in [6.07, 6.45) is -3.25. The third kappa shape index (κ3) is 5.92. The normalized spacial score (nSPS) is 12.2. The minimum atomic E-state index is -6.62. The number of benzene rings is 1. The number of ether oxygens (including phenoxy) is 2. The average Bonchev–Trinajstić information content (AvgIpc) is 2.53. The van der Waals surface area contributed by atoms with Crippen LogP contribution in [0.4, 0.5) is 28.0 Å². The number of amides is 1. The van der Waals surface area contributed by atoms with Crippen LogP contribution in [-0.2, 0) is 19.6 Å². The molecule has 1 N–H and O–H groups in total. The van der Waals surface area contributed by atoms with E-state index in [1.165, 1.54) is 31.2 Å². The standard InChI is InChI=1S/C15H15F4NO7S/c1-9(2)12(21)27-11-5-3-4-10(8-11)20-13(22)26-7-6-14(16,17)15(18,19)28(23,24)25/h3-5,8H,1,6-7H2,2H3,(H,20,22)(H,23,24,25)/p-1. The molecule has 0 aliphatic carbocycles. The van der Waals surface area contributed by atoms with Crippen LogP contribution in [0.15, 0.2) is 36.4 Å². The quantitative estimate of drug-likeness (QED) is 0.222. The van der Waals surface area contributed by atoms with Gasteiger partial charge in [-0.25, -0.2) is 18.0 Å². The first-order valence-electron chi connectivity index (χ1n) is 7.30. The lowest BCUT2D eigenvalue weighted by molar-refractivity contribution is -0.168. The van der Waals surface area contributed by atoms with E-state index in [0.717, 1.165) is 0 Å². The minimum absolute atomic E-state index is 0.0104. The van der Waals surface area contributed by atoms with E-state index in [-0.39, 0.29) is 17.0 Å². The first kappa shape index (κ1) is 23.4. The highest BCUT2D eigenvalue weighted by atomic mass is 32.2. The van der Waals surface area contributed by atoms with Gasteiger partial charge in [0.05, 0.1) is 13.0 Å². The molecule has 13 heteroatoms. The Morgan fingerprint density at radius 2 is 1.86 bits per heavy atom. The molecule has 0 aromatic heterocycles. The van der Waals surface area contributed by atoms with Gasteiger partial charge in [0.1, 0.15) is 5.75 Å². The van der Waals surface area contributed by atoms with Gasteiger partial charge in [-0.05, 0) is 19.1 Å². The molecule has 0 fully saturated rings. The number of halogens is 4. The molecule has 0 aliphatic heterocycles. The van der Waals surface area contributed by atoms with E-state index < -0.39 is 46.4 Å². The predicted molar refractivity (Wildman–Crippen MR) is 86.1 cm³/mol. The number of hydrogen-bond donors (Lipinski definition) is 1. The van der Waals surface area contributed by atoms with Crippen molar-refractivity contribution in [3.05, 3.63) is 36.4 Å². The number of alkyl halides is 4. The van der Waals surface area contributed by atoms with Crippen LogP contribution in [0.2, 0.25) is 0 Å². The van der Waals surface area contributed by atoms with Crippen molar-refractivity contribution in [2.75, 3.05) is 11.9 Å². The minimum Gasteiger partial charge on any atom is -0.743 e. The molecule has 0 aliphatic rings. The fraction of sp³-hybridized carbons (Fsp3) is 0.333. The van der Waals surface area contributed by atoms with E-state index in [2.05, 4.69) is 16.6 Å². The van der Waals surface area contributed by atoms with Crippen molar-refractivity contribution in [2.24, 2.45) is 0 Å². The first-order valence-corrected chi connectivity index (χ1v) is 8.71. The topological polar surface area (TPSA) is 122 Å². The number of rotatable bonds is 8. The number of carbonyl (C=O) groups is 2. The summed E-state index contributed by atoms with van der Waals surface area (Å²) < 4.78 is 92.2. The highest BCUT2D eigenvalue weighted by Crippen LogP contribution is 2.40. The van der Waals surface area contributed by atoms with Gasteiger partial charge >= 0.3 is 23.2 Å². The maximum atomic E-state index is 13.2. The zero-order valence-electron chi connectivity index (χ0n) is 14.2. The second-order valence-electron chi connectivity index (χ2n) is 5.38. The molecule has 0 heterocycles. The molecule has 1 amide bonds. The molecular weight excluding hydrogens is 414 g/mol.